The minimum atomic E-state index is -2.33. The largest absolute Gasteiger partial charge is 0.309 e. The molecule has 0 spiro atoms. The molecule has 84 valence electrons. The van der Waals surface area contributed by atoms with Crippen molar-refractivity contribution in [2.24, 2.45) is 0 Å². The number of aromatic nitrogens is 1. The van der Waals surface area contributed by atoms with Crippen molar-refractivity contribution in [1.82, 2.24) is 10.3 Å². The number of pyridine rings is 1. The first kappa shape index (κ1) is 12.0. The lowest BCUT2D eigenvalue weighted by atomic mass is 10.1. The smallest absolute Gasteiger partial charge is 0.254 e. The van der Waals surface area contributed by atoms with Gasteiger partial charge < -0.3 is 5.32 Å². The molecular formula is C11H16F2N2. The maximum atomic E-state index is 12.6. The summed E-state index contributed by atoms with van der Waals surface area (Å²) in [6, 6.07) is 2.78. The third-order valence-electron chi connectivity index (χ3n) is 2.17. The highest BCUT2D eigenvalue weighted by atomic mass is 19.3. The Balaban J connectivity index is 2.51. The van der Waals surface area contributed by atoms with E-state index in [1.54, 1.807) is 24.5 Å². The van der Waals surface area contributed by atoms with Crippen LogP contribution >= 0.6 is 0 Å². The average molecular weight is 214 g/mol. The number of hydrogen-bond donors (Lipinski definition) is 1. The topological polar surface area (TPSA) is 24.9 Å². The van der Waals surface area contributed by atoms with Crippen molar-refractivity contribution >= 4 is 0 Å². The van der Waals surface area contributed by atoms with E-state index in [9.17, 15) is 8.78 Å². The van der Waals surface area contributed by atoms with Gasteiger partial charge in [-0.1, -0.05) is 6.92 Å². The van der Waals surface area contributed by atoms with Crippen LogP contribution in [0.2, 0.25) is 0 Å². The number of nitrogens with one attached hydrogen (secondary N) is 1. The molecule has 0 aromatic carbocycles. The lowest BCUT2D eigenvalue weighted by Gasteiger charge is -2.17. The lowest BCUT2D eigenvalue weighted by Crippen LogP contribution is -2.37. The fourth-order valence-corrected chi connectivity index (χ4v) is 1.35. The summed E-state index contributed by atoms with van der Waals surface area (Å²) < 4.78 is 25.3. The van der Waals surface area contributed by atoms with Crippen LogP contribution in [-0.4, -0.2) is 24.0 Å². The summed E-state index contributed by atoms with van der Waals surface area (Å²) in [6.07, 6.45) is 2.12. The van der Waals surface area contributed by atoms with Crippen LogP contribution in [0.1, 0.15) is 18.9 Å². The second kappa shape index (κ2) is 6.45. The predicted molar refractivity (Wildman–Crippen MR) is 56.0 cm³/mol. The Labute approximate surface area is 88.7 Å². The first-order valence-corrected chi connectivity index (χ1v) is 5.14. The highest BCUT2D eigenvalue weighted by Gasteiger charge is 2.19. The quantitative estimate of drug-likeness (QED) is 0.785. The van der Waals surface area contributed by atoms with Crippen molar-refractivity contribution < 1.29 is 8.78 Å². The van der Waals surface area contributed by atoms with Gasteiger partial charge in [0.2, 0.25) is 0 Å². The molecule has 0 aliphatic rings. The van der Waals surface area contributed by atoms with Gasteiger partial charge in [0.15, 0.2) is 0 Å². The van der Waals surface area contributed by atoms with Gasteiger partial charge in [-0.2, -0.15) is 0 Å². The molecule has 1 aromatic rings. The van der Waals surface area contributed by atoms with Gasteiger partial charge in [-0.3, -0.25) is 4.98 Å². The van der Waals surface area contributed by atoms with Gasteiger partial charge in [-0.25, -0.2) is 8.78 Å². The molecule has 15 heavy (non-hydrogen) atoms. The molecule has 0 aliphatic carbocycles. The van der Waals surface area contributed by atoms with Gasteiger partial charge in [0.1, 0.15) is 0 Å². The van der Waals surface area contributed by atoms with E-state index >= 15 is 0 Å². The van der Waals surface area contributed by atoms with E-state index in [1.165, 1.54) is 0 Å². The molecule has 1 N–H and O–H groups in total. The Morgan fingerprint density at radius 2 is 2.00 bits per heavy atom. The van der Waals surface area contributed by atoms with Gasteiger partial charge in [0.05, 0.1) is 6.04 Å². The van der Waals surface area contributed by atoms with Crippen LogP contribution in [0.3, 0.4) is 0 Å². The van der Waals surface area contributed by atoms with Crippen molar-refractivity contribution in [3.8, 4) is 0 Å². The minimum Gasteiger partial charge on any atom is -0.309 e. The van der Waals surface area contributed by atoms with E-state index in [4.69, 9.17) is 0 Å². The molecule has 1 heterocycles. The second-order valence-corrected chi connectivity index (χ2v) is 3.45. The predicted octanol–water partition coefficient (Wildman–Crippen LogP) is 2.26. The molecule has 2 nitrogen and oxygen atoms in total. The van der Waals surface area contributed by atoms with Gasteiger partial charge in [-0.05, 0) is 37.1 Å². The molecule has 0 bridgehead atoms. The van der Waals surface area contributed by atoms with E-state index < -0.39 is 12.5 Å². The normalized spacial score (nSPS) is 13.1. The van der Waals surface area contributed by atoms with E-state index in [2.05, 4.69) is 10.3 Å². The third kappa shape index (κ3) is 4.34. The molecule has 0 amide bonds. The maximum absolute atomic E-state index is 12.6. The first-order chi connectivity index (χ1) is 7.24. The molecule has 1 aromatic heterocycles. The Morgan fingerprint density at radius 3 is 2.53 bits per heavy atom. The molecule has 0 saturated heterocycles. The van der Waals surface area contributed by atoms with Crippen LogP contribution in [-0.2, 0) is 6.42 Å². The molecule has 0 radical (unpaired) electrons. The van der Waals surface area contributed by atoms with E-state index in [0.717, 1.165) is 12.0 Å². The summed E-state index contributed by atoms with van der Waals surface area (Å²) in [5, 5.41) is 2.85. The Hall–Kier alpha value is -1.03. The Kier molecular flexibility index (Phi) is 5.18. The highest BCUT2D eigenvalue weighted by molar-refractivity contribution is 5.11. The van der Waals surface area contributed by atoms with Crippen LogP contribution in [0.5, 0.6) is 0 Å². The number of hydrogen-bond acceptors (Lipinski definition) is 2. The average Bonchev–Trinajstić information content (AvgIpc) is 2.25. The summed E-state index contributed by atoms with van der Waals surface area (Å²) in [4.78, 5) is 3.85. The molecule has 1 atom stereocenters. The van der Waals surface area contributed by atoms with Gasteiger partial charge in [-0.15, -0.1) is 0 Å². The van der Waals surface area contributed by atoms with E-state index in [1.807, 2.05) is 6.92 Å². The standard InChI is InChI=1S/C11H16F2N2/c1-2-5-15-10(11(12)13)8-9-3-6-14-7-4-9/h3-4,6-7,10-11,15H,2,5,8H2,1H3. The fraction of sp³-hybridized carbons (Fsp3) is 0.545. The Bertz CT molecular complexity index is 265. The summed E-state index contributed by atoms with van der Waals surface area (Å²) in [5.41, 5.74) is 0.888. The lowest BCUT2D eigenvalue weighted by molar-refractivity contribution is 0.0983. The van der Waals surface area contributed by atoms with Crippen LogP contribution in [0, 0.1) is 0 Å². The Morgan fingerprint density at radius 1 is 1.33 bits per heavy atom. The molecular weight excluding hydrogens is 198 g/mol. The van der Waals surface area contributed by atoms with Crippen LogP contribution in [0.25, 0.3) is 0 Å². The SMILES string of the molecule is CCCNC(Cc1ccncc1)C(F)F. The number of alkyl halides is 2. The molecule has 0 fully saturated rings. The second-order valence-electron chi connectivity index (χ2n) is 3.45. The summed E-state index contributed by atoms with van der Waals surface area (Å²) in [7, 11) is 0. The van der Waals surface area contributed by atoms with Gasteiger partial charge >= 0.3 is 0 Å². The zero-order valence-electron chi connectivity index (χ0n) is 8.79. The van der Waals surface area contributed by atoms with E-state index in [0.29, 0.717) is 13.0 Å². The molecule has 0 aliphatic heterocycles. The fourth-order valence-electron chi connectivity index (χ4n) is 1.35. The third-order valence-corrected chi connectivity index (χ3v) is 2.17. The molecule has 0 saturated carbocycles. The van der Waals surface area contributed by atoms with Crippen LogP contribution in [0.15, 0.2) is 24.5 Å². The summed E-state index contributed by atoms with van der Waals surface area (Å²) >= 11 is 0. The zero-order chi connectivity index (χ0) is 11.1. The molecule has 1 unspecified atom stereocenters. The highest BCUT2D eigenvalue weighted by Crippen LogP contribution is 2.08. The number of halogens is 2. The van der Waals surface area contributed by atoms with Gasteiger partial charge in [0, 0.05) is 12.4 Å². The monoisotopic (exact) mass is 214 g/mol. The molecule has 4 heteroatoms. The van der Waals surface area contributed by atoms with Crippen LogP contribution in [0.4, 0.5) is 8.78 Å². The van der Waals surface area contributed by atoms with Crippen molar-refractivity contribution in [1.29, 1.82) is 0 Å². The van der Waals surface area contributed by atoms with Crippen molar-refractivity contribution in [3.05, 3.63) is 30.1 Å². The number of rotatable bonds is 6. The minimum absolute atomic E-state index is 0.347. The summed E-state index contributed by atoms with van der Waals surface area (Å²) in [6.45, 7) is 2.59. The zero-order valence-corrected chi connectivity index (χ0v) is 8.79. The van der Waals surface area contributed by atoms with E-state index in [-0.39, 0.29) is 0 Å². The first-order valence-electron chi connectivity index (χ1n) is 5.14. The maximum Gasteiger partial charge on any atom is 0.254 e. The van der Waals surface area contributed by atoms with Crippen molar-refractivity contribution in [2.45, 2.75) is 32.2 Å². The summed E-state index contributed by atoms with van der Waals surface area (Å²) in [5.74, 6) is 0. The molecule has 1 rings (SSSR count). The van der Waals surface area contributed by atoms with Crippen molar-refractivity contribution in [2.75, 3.05) is 6.54 Å². The van der Waals surface area contributed by atoms with Crippen LogP contribution < -0.4 is 5.32 Å². The van der Waals surface area contributed by atoms with Gasteiger partial charge in [0.25, 0.3) is 6.43 Å². The number of nitrogens with zero attached hydrogens (tertiary/aromatic N) is 1. The van der Waals surface area contributed by atoms with Crippen molar-refractivity contribution in [3.63, 3.8) is 0 Å².